The smallest absolute Gasteiger partial charge is 0.250 e. The number of carbonyl (C=O) groups is 1. The van der Waals surface area contributed by atoms with Crippen LogP contribution < -0.4 is 10.6 Å². The lowest BCUT2D eigenvalue weighted by molar-refractivity contribution is -0.111. The molecule has 0 atom stereocenters. The first-order valence-electron chi connectivity index (χ1n) is 7.14. The molecule has 0 aliphatic heterocycles. The Kier molecular flexibility index (Phi) is 5.74. The van der Waals surface area contributed by atoms with Gasteiger partial charge in [0.2, 0.25) is 16.2 Å². The number of amides is 1. The summed E-state index contributed by atoms with van der Waals surface area (Å²) >= 11 is 7.33. The van der Waals surface area contributed by atoms with Gasteiger partial charge in [-0.1, -0.05) is 61.9 Å². The Hall–Kier alpha value is -1.92. The van der Waals surface area contributed by atoms with E-state index >= 15 is 0 Å². The van der Waals surface area contributed by atoms with E-state index in [0.29, 0.717) is 15.3 Å². The number of benzene rings is 1. The second kappa shape index (κ2) is 7.57. The van der Waals surface area contributed by atoms with Gasteiger partial charge in [-0.05, 0) is 23.1 Å². The van der Waals surface area contributed by atoms with Crippen molar-refractivity contribution in [2.75, 3.05) is 17.2 Å². The summed E-state index contributed by atoms with van der Waals surface area (Å²) in [6, 6.07) is 7.32. The Morgan fingerprint density at radius 2 is 1.96 bits per heavy atom. The predicted molar refractivity (Wildman–Crippen MR) is 97.0 cm³/mol. The maximum Gasteiger partial charge on any atom is 0.250 e. The van der Waals surface area contributed by atoms with Gasteiger partial charge in [0.15, 0.2) is 0 Å². The molecule has 122 valence electrons. The number of anilines is 2. The summed E-state index contributed by atoms with van der Waals surface area (Å²) in [6.45, 7) is 7.16. The summed E-state index contributed by atoms with van der Waals surface area (Å²) in [5.74, 6) is -0.275. The second-order valence-corrected chi connectivity index (χ2v) is 7.56. The Balaban J connectivity index is 1.91. The molecule has 1 aromatic heterocycles. The third-order valence-electron chi connectivity index (χ3n) is 2.74. The van der Waals surface area contributed by atoms with Crippen LogP contribution in [0.1, 0.15) is 26.3 Å². The highest BCUT2D eigenvalue weighted by Gasteiger charge is 2.12. The molecule has 7 heteroatoms. The fraction of sp³-hybridized carbons (Fsp3) is 0.312. The summed E-state index contributed by atoms with van der Waals surface area (Å²) in [4.78, 5) is 11.9. The van der Waals surface area contributed by atoms with Crippen LogP contribution in [0.4, 0.5) is 10.3 Å². The average Bonchev–Trinajstić information content (AvgIpc) is 2.91. The molecule has 2 aromatic rings. The molecule has 0 bridgehead atoms. The zero-order chi connectivity index (χ0) is 16.9. The second-order valence-electron chi connectivity index (χ2n) is 6.17. The van der Waals surface area contributed by atoms with Gasteiger partial charge >= 0.3 is 0 Å². The van der Waals surface area contributed by atoms with Crippen LogP contribution in [-0.4, -0.2) is 22.6 Å². The van der Waals surface area contributed by atoms with Gasteiger partial charge in [-0.3, -0.25) is 10.1 Å². The van der Waals surface area contributed by atoms with Gasteiger partial charge in [-0.15, -0.1) is 10.2 Å². The number of nitrogens with one attached hydrogen (secondary N) is 2. The maximum atomic E-state index is 11.9. The molecule has 1 heterocycles. The molecule has 0 saturated heterocycles. The number of rotatable bonds is 5. The highest BCUT2D eigenvalue weighted by molar-refractivity contribution is 7.19. The fourth-order valence-electron chi connectivity index (χ4n) is 1.61. The van der Waals surface area contributed by atoms with Crippen LogP contribution in [0.3, 0.4) is 0 Å². The van der Waals surface area contributed by atoms with Crippen LogP contribution in [0.15, 0.2) is 30.3 Å². The SMILES string of the molecule is CC(C)(C)CNc1nnc(NC(=O)C=Cc2ccccc2Cl)s1. The molecule has 5 nitrogen and oxygen atoms in total. The van der Waals surface area contributed by atoms with Gasteiger partial charge in [-0.2, -0.15) is 0 Å². The molecule has 1 amide bonds. The molecule has 0 radical (unpaired) electrons. The normalized spacial score (nSPS) is 11.7. The first-order valence-corrected chi connectivity index (χ1v) is 8.34. The molecular formula is C16H19ClN4OS. The summed E-state index contributed by atoms with van der Waals surface area (Å²) in [6.07, 6.45) is 3.09. The number of aromatic nitrogens is 2. The van der Waals surface area contributed by atoms with Crippen LogP contribution in [0.5, 0.6) is 0 Å². The largest absolute Gasteiger partial charge is 0.360 e. The topological polar surface area (TPSA) is 66.9 Å². The molecule has 1 aromatic carbocycles. The van der Waals surface area contributed by atoms with Gasteiger partial charge in [-0.25, -0.2) is 0 Å². The number of hydrogen-bond acceptors (Lipinski definition) is 5. The zero-order valence-electron chi connectivity index (χ0n) is 13.3. The van der Waals surface area contributed by atoms with Crippen molar-refractivity contribution in [3.05, 3.63) is 40.9 Å². The predicted octanol–water partition coefficient (Wildman–Crippen LogP) is 4.30. The summed E-state index contributed by atoms with van der Waals surface area (Å²) in [5, 5.41) is 15.6. The summed E-state index contributed by atoms with van der Waals surface area (Å²) < 4.78 is 0. The Morgan fingerprint density at radius 3 is 2.65 bits per heavy atom. The number of nitrogens with zero attached hydrogens (tertiary/aromatic N) is 2. The van der Waals surface area contributed by atoms with Crippen molar-refractivity contribution < 1.29 is 4.79 Å². The standard InChI is InChI=1S/C16H19ClN4OS/c1-16(2,3)10-18-14-20-21-15(23-14)19-13(22)9-8-11-6-4-5-7-12(11)17/h4-9H,10H2,1-3H3,(H,18,20)(H,19,21,22). The molecule has 0 aliphatic carbocycles. The molecule has 0 aliphatic rings. The lowest BCUT2D eigenvalue weighted by Crippen LogP contribution is -2.18. The highest BCUT2D eigenvalue weighted by Crippen LogP contribution is 2.22. The summed E-state index contributed by atoms with van der Waals surface area (Å²) in [7, 11) is 0. The monoisotopic (exact) mass is 350 g/mol. The minimum absolute atomic E-state index is 0.146. The van der Waals surface area contributed by atoms with Crippen molar-refractivity contribution in [3.8, 4) is 0 Å². The third-order valence-corrected chi connectivity index (χ3v) is 3.89. The van der Waals surface area contributed by atoms with Crippen molar-refractivity contribution in [2.45, 2.75) is 20.8 Å². The van der Waals surface area contributed by atoms with Crippen LogP contribution in [0.2, 0.25) is 5.02 Å². The zero-order valence-corrected chi connectivity index (χ0v) is 14.8. The Morgan fingerprint density at radius 1 is 1.26 bits per heavy atom. The molecule has 23 heavy (non-hydrogen) atoms. The van der Waals surface area contributed by atoms with Crippen LogP contribution in [0, 0.1) is 5.41 Å². The molecular weight excluding hydrogens is 332 g/mol. The van der Waals surface area contributed by atoms with E-state index in [9.17, 15) is 4.79 Å². The lowest BCUT2D eigenvalue weighted by Gasteiger charge is -2.17. The Labute approximate surface area is 144 Å². The molecule has 0 fully saturated rings. The molecule has 2 N–H and O–H groups in total. The van der Waals surface area contributed by atoms with Crippen molar-refractivity contribution in [1.29, 1.82) is 0 Å². The fourth-order valence-corrected chi connectivity index (χ4v) is 2.45. The van der Waals surface area contributed by atoms with E-state index in [2.05, 4.69) is 41.6 Å². The van der Waals surface area contributed by atoms with E-state index in [0.717, 1.165) is 12.1 Å². The maximum absolute atomic E-state index is 11.9. The van der Waals surface area contributed by atoms with Crippen LogP contribution >= 0.6 is 22.9 Å². The highest BCUT2D eigenvalue weighted by atomic mass is 35.5. The van der Waals surface area contributed by atoms with Crippen molar-refractivity contribution in [1.82, 2.24) is 10.2 Å². The van der Waals surface area contributed by atoms with Gasteiger partial charge < -0.3 is 5.32 Å². The minimum Gasteiger partial charge on any atom is -0.360 e. The first-order chi connectivity index (χ1) is 10.8. The number of carbonyl (C=O) groups excluding carboxylic acids is 1. The molecule has 0 saturated carbocycles. The summed E-state index contributed by atoms with van der Waals surface area (Å²) in [5.41, 5.74) is 0.932. The average molecular weight is 351 g/mol. The van der Waals surface area contributed by atoms with E-state index < -0.39 is 0 Å². The van der Waals surface area contributed by atoms with Crippen LogP contribution in [-0.2, 0) is 4.79 Å². The molecule has 2 rings (SSSR count). The molecule has 0 unspecified atom stereocenters. The Bertz CT molecular complexity index is 706. The third kappa shape index (κ3) is 6.00. The van der Waals surface area contributed by atoms with Crippen molar-refractivity contribution >= 4 is 45.2 Å². The van der Waals surface area contributed by atoms with E-state index in [1.54, 1.807) is 12.1 Å². The molecule has 0 spiro atoms. The van der Waals surface area contributed by atoms with E-state index in [1.165, 1.54) is 17.4 Å². The van der Waals surface area contributed by atoms with Crippen molar-refractivity contribution in [2.24, 2.45) is 5.41 Å². The van der Waals surface area contributed by atoms with E-state index in [1.807, 2.05) is 18.2 Å². The number of hydrogen-bond donors (Lipinski definition) is 2. The van der Waals surface area contributed by atoms with Gasteiger partial charge in [0.25, 0.3) is 0 Å². The number of halogens is 1. The van der Waals surface area contributed by atoms with Gasteiger partial charge in [0, 0.05) is 17.6 Å². The van der Waals surface area contributed by atoms with E-state index in [-0.39, 0.29) is 11.3 Å². The van der Waals surface area contributed by atoms with E-state index in [4.69, 9.17) is 11.6 Å². The first kappa shape index (κ1) is 17.4. The minimum atomic E-state index is -0.275. The van der Waals surface area contributed by atoms with Crippen molar-refractivity contribution in [3.63, 3.8) is 0 Å². The lowest BCUT2D eigenvalue weighted by atomic mass is 9.97. The van der Waals surface area contributed by atoms with Gasteiger partial charge in [0.05, 0.1) is 0 Å². The van der Waals surface area contributed by atoms with Gasteiger partial charge in [0.1, 0.15) is 0 Å². The quantitative estimate of drug-likeness (QED) is 0.789. The van der Waals surface area contributed by atoms with Crippen LogP contribution in [0.25, 0.3) is 6.08 Å².